The maximum atomic E-state index is 13.8. The quantitative estimate of drug-likeness (QED) is 0.172. The summed E-state index contributed by atoms with van der Waals surface area (Å²) < 4.78 is -0.956. The Bertz CT molecular complexity index is 1330. The van der Waals surface area contributed by atoms with E-state index in [1.54, 1.807) is 19.9 Å². The van der Waals surface area contributed by atoms with Crippen molar-refractivity contribution in [2.75, 3.05) is 19.4 Å². The lowest BCUT2D eigenvalue weighted by Crippen LogP contribution is -2.65. The molecule has 0 aromatic heterocycles. The zero-order valence-corrected chi connectivity index (χ0v) is 22.2. The standard InChI is InChI=1S/C25H28BrN3O8/c1-24(2,26)23(36)28-12-6-5-9-7-10-8-11-16(29(3)4)19(32)15(22(27)35)21(34)25(11,37)20(33)14(10)18(31)13(9)17(12)30/h5-6,10-11,16,30-31,34,37H,7-8H2,1-4H3,(H2,27,35)(H,28,36)/t10?,11?,16-,25-/m0/s1. The minimum Gasteiger partial charge on any atom is -0.508 e. The second kappa shape index (κ2) is 8.67. The average Bonchev–Trinajstić information content (AvgIpc) is 2.77. The maximum absolute atomic E-state index is 13.8. The van der Waals surface area contributed by atoms with Gasteiger partial charge in [0.25, 0.3) is 5.91 Å². The molecule has 1 fully saturated rings. The number of phenols is 1. The third kappa shape index (κ3) is 3.85. The van der Waals surface area contributed by atoms with Gasteiger partial charge in [0.2, 0.25) is 11.7 Å². The van der Waals surface area contributed by atoms with Crippen LogP contribution in [0, 0.1) is 11.8 Å². The number of ketones is 2. The number of aromatic hydroxyl groups is 1. The number of nitrogens with one attached hydrogen (secondary N) is 1. The summed E-state index contributed by atoms with van der Waals surface area (Å²) in [4.78, 5) is 52.8. The number of nitrogens with zero attached hydrogens (tertiary/aromatic N) is 1. The summed E-state index contributed by atoms with van der Waals surface area (Å²) in [6.07, 6.45) is 0.170. The van der Waals surface area contributed by atoms with Gasteiger partial charge < -0.3 is 31.5 Å². The van der Waals surface area contributed by atoms with E-state index in [4.69, 9.17) is 5.73 Å². The molecule has 0 bridgehead atoms. The van der Waals surface area contributed by atoms with Crippen LogP contribution in [0.5, 0.6) is 5.75 Å². The van der Waals surface area contributed by atoms with E-state index in [1.807, 2.05) is 0 Å². The molecule has 11 nitrogen and oxygen atoms in total. The second-order valence-electron chi connectivity index (χ2n) is 10.4. The van der Waals surface area contributed by atoms with Crippen LogP contribution in [0.25, 0.3) is 5.76 Å². The number of phenolic OH excluding ortho intramolecular Hbond substituents is 1. The van der Waals surface area contributed by atoms with Gasteiger partial charge in [-0.15, -0.1) is 0 Å². The lowest BCUT2D eigenvalue weighted by atomic mass is 9.57. The van der Waals surface area contributed by atoms with Crippen molar-refractivity contribution >= 4 is 50.8 Å². The number of fused-ring (bicyclic) bond motifs is 3. The molecule has 4 rings (SSSR count). The number of anilines is 1. The van der Waals surface area contributed by atoms with Crippen LogP contribution >= 0.6 is 15.9 Å². The fourth-order valence-electron chi connectivity index (χ4n) is 5.59. The summed E-state index contributed by atoms with van der Waals surface area (Å²) in [5.74, 6) is -7.71. The Morgan fingerprint density at radius 1 is 1.19 bits per heavy atom. The number of aliphatic hydroxyl groups excluding tert-OH is 2. The lowest BCUT2D eigenvalue weighted by molar-refractivity contribution is -0.153. The number of primary amides is 1. The molecule has 0 heterocycles. The molecule has 37 heavy (non-hydrogen) atoms. The molecule has 1 saturated carbocycles. The third-order valence-electron chi connectivity index (χ3n) is 7.38. The highest BCUT2D eigenvalue weighted by molar-refractivity contribution is 9.10. The first-order valence-electron chi connectivity index (χ1n) is 11.5. The third-order valence-corrected chi connectivity index (χ3v) is 7.74. The van der Waals surface area contributed by atoms with Crippen LogP contribution in [-0.2, 0) is 25.6 Å². The summed E-state index contributed by atoms with van der Waals surface area (Å²) in [6.45, 7) is 3.21. The maximum Gasteiger partial charge on any atom is 0.255 e. The summed E-state index contributed by atoms with van der Waals surface area (Å²) in [5, 5.41) is 47.2. The molecule has 0 spiro atoms. The first kappa shape index (κ1) is 26.8. The van der Waals surface area contributed by atoms with Gasteiger partial charge in [-0.2, -0.15) is 0 Å². The van der Waals surface area contributed by atoms with Crippen molar-refractivity contribution in [1.29, 1.82) is 0 Å². The van der Waals surface area contributed by atoms with E-state index in [9.17, 15) is 39.6 Å². The first-order chi connectivity index (χ1) is 17.0. The SMILES string of the molecule is CN(C)[C@@H]1C(=O)C(C(N)=O)=C(O)[C@@]2(O)C(=O)C3=C(O)c4c(ccc(NC(=O)C(C)(C)Br)c4O)CC3CC12. The van der Waals surface area contributed by atoms with Gasteiger partial charge in [-0.05, 0) is 58.3 Å². The average molecular weight is 578 g/mol. The van der Waals surface area contributed by atoms with Gasteiger partial charge in [0.1, 0.15) is 22.8 Å². The molecule has 198 valence electrons. The number of nitrogens with two attached hydrogens (primary N) is 1. The van der Waals surface area contributed by atoms with Gasteiger partial charge in [-0.3, -0.25) is 24.1 Å². The van der Waals surface area contributed by atoms with Gasteiger partial charge in [-0.25, -0.2) is 0 Å². The van der Waals surface area contributed by atoms with Gasteiger partial charge in [0.15, 0.2) is 11.4 Å². The van der Waals surface area contributed by atoms with Gasteiger partial charge >= 0.3 is 0 Å². The topological polar surface area (TPSA) is 190 Å². The molecular weight excluding hydrogens is 550 g/mol. The molecule has 3 aliphatic carbocycles. The van der Waals surface area contributed by atoms with Crippen molar-refractivity contribution in [3.63, 3.8) is 0 Å². The van der Waals surface area contributed by atoms with Crippen LogP contribution < -0.4 is 11.1 Å². The van der Waals surface area contributed by atoms with E-state index in [0.29, 0.717) is 5.56 Å². The normalized spacial score (nSPS) is 27.6. The molecule has 4 atom stereocenters. The van der Waals surface area contributed by atoms with Crippen molar-refractivity contribution in [2.24, 2.45) is 17.6 Å². The van der Waals surface area contributed by atoms with Crippen LogP contribution in [-0.4, -0.2) is 78.8 Å². The summed E-state index contributed by atoms with van der Waals surface area (Å²) in [7, 11) is 3.07. The molecule has 12 heteroatoms. The van der Waals surface area contributed by atoms with Crippen molar-refractivity contribution in [3.05, 3.63) is 40.2 Å². The predicted molar refractivity (Wildman–Crippen MR) is 136 cm³/mol. The molecule has 3 aliphatic rings. The van der Waals surface area contributed by atoms with Crippen LogP contribution in [0.4, 0.5) is 5.69 Å². The number of halogens is 1. The number of hydrogen-bond donors (Lipinski definition) is 6. The number of rotatable bonds is 4. The van der Waals surface area contributed by atoms with E-state index in [0.717, 1.165) is 0 Å². The number of likely N-dealkylation sites (N-methyl/N-ethyl adjacent to an activating group) is 1. The van der Waals surface area contributed by atoms with E-state index >= 15 is 0 Å². The molecule has 1 aromatic carbocycles. The van der Waals surface area contributed by atoms with Crippen molar-refractivity contribution in [3.8, 4) is 5.75 Å². The molecule has 2 unspecified atom stereocenters. The number of aliphatic hydroxyl groups is 3. The van der Waals surface area contributed by atoms with Crippen LogP contribution in [0.15, 0.2) is 29.0 Å². The first-order valence-corrected chi connectivity index (χ1v) is 12.3. The van der Waals surface area contributed by atoms with Crippen LogP contribution in [0.1, 0.15) is 31.4 Å². The van der Waals surface area contributed by atoms with Gasteiger partial charge in [0, 0.05) is 11.5 Å². The number of carbonyl (C=O) groups excluding carboxylic acids is 4. The fourth-order valence-corrected chi connectivity index (χ4v) is 5.69. The van der Waals surface area contributed by atoms with E-state index in [-0.39, 0.29) is 29.7 Å². The number of hydrogen-bond acceptors (Lipinski definition) is 9. The Morgan fingerprint density at radius 3 is 2.35 bits per heavy atom. The zero-order valence-electron chi connectivity index (χ0n) is 20.6. The van der Waals surface area contributed by atoms with E-state index < -0.39 is 74.0 Å². The summed E-state index contributed by atoms with van der Waals surface area (Å²) >= 11 is 3.23. The van der Waals surface area contributed by atoms with Crippen molar-refractivity contribution < 1.29 is 39.6 Å². The molecule has 2 amide bonds. The Kier molecular flexibility index (Phi) is 6.29. The molecule has 0 saturated heterocycles. The van der Waals surface area contributed by atoms with Crippen LogP contribution in [0.2, 0.25) is 0 Å². The van der Waals surface area contributed by atoms with Crippen LogP contribution in [0.3, 0.4) is 0 Å². The fraction of sp³-hybridized carbons (Fsp3) is 0.440. The molecule has 0 aliphatic heterocycles. The summed E-state index contributed by atoms with van der Waals surface area (Å²) in [5.41, 5.74) is 1.87. The Labute approximate surface area is 220 Å². The number of alkyl halides is 1. The highest BCUT2D eigenvalue weighted by atomic mass is 79.9. The number of carbonyl (C=O) groups is 4. The highest BCUT2D eigenvalue weighted by Crippen LogP contribution is 2.53. The molecule has 0 radical (unpaired) electrons. The minimum atomic E-state index is -2.70. The smallest absolute Gasteiger partial charge is 0.255 e. The number of Topliss-reactive ketones (excluding diaryl/α,β-unsaturated/α-hetero) is 2. The van der Waals surface area contributed by atoms with Crippen molar-refractivity contribution in [1.82, 2.24) is 4.90 Å². The molecular formula is C25H28BrN3O8. The predicted octanol–water partition coefficient (Wildman–Crippen LogP) is 1.08. The lowest BCUT2D eigenvalue weighted by Gasteiger charge is -2.50. The zero-order chi connectivity index (χ0) is 27.8. The Balaban J connectivity index is 1.89. The largest absolute Gasteiger partial charge is 0.508 e. The second-order valence-corrected chi connectivity index (χ2v) is 12.4. The van der Waals surface area contributed by atoms with Crippen molar-refractivity contribution in [2.45, 2.75) is 42.7 Å². The Hall–Kier alpha value is -3.22. The monoisotopic (exact) mass is 577 g/mol. The number of amides is 2. The number of benzene rings is 1. The van der Waals surface area contributed by atoms with Gasteiger partial charge in [0.05, 0.1) is 21.6 Å². The molecule has 7 N–H and O–H groups in total. The minimum absolute atomic E-state index is 0.00277. The van der Waals surface area contributed by atoms with E-state index in [2.05, 4.69) is 21.2 Å². The highest BCUT2D eigenvalue weighted by Gasteiger charge is 2.64. The van der Waals surface area contributed by atoms with Gasteiger partial charge in [-0.1, -0.05) is 22.0 Å². The summed E-state index contributed by atoms with van der Waals surface area (Å²) in [6, 6.07) is 1.93. The molecule has 1 aromatic rings. The Morgan fingerprint density at radius 2 is 1.81 bits per heavy atom. The van der Waals surface area contributed by atoms with E-state index in [1.165, 1.54) is 25.1 Å².